The van der Waals surface area contributed by atoms with E-state index in [4.69, 9.17) is 16.0 Å². The van der Waals surface area contributed by atoms with Crippen molar-refractivity contribution in [3.05, 3.63) is 80.4 Å². The Bertz CT molecular complexity index is 1080. The lowest BCUT2D eigenvalue weighted by molar-refractivity contribution is 0.0691. The minimum absolute atomic E-state index is 0.0155. The lowest BCUT2D eigenvalue weighted by Crippen LogP contribution is -2.32. The van der Waals surface area contributed by atoms with Gasteiger partial charge in [-0.2, -0.15) is 0 Å². The molecule has 0 bridgehead atoms. The predicted molar refractivity (Wildman–Crippen MR) is 93.9 cm³/mol. The molecule has 7 heteroatoms. The number of β-amino-alcohol motifs (C(OH)–C–C–N with tert-alkyl or cyclic N) is 1. The van der Waals surface area contributed by atoms with Crippen LogP contribution in [0.2, 0.25) is 5.02 Å². The van der Waals surface area contributed by atoms with E-state index in [1.165, 1.54) is 41.3 Å². The normalized spacial score (nSPS) is 16.3. The SMILES string of the molecule is O=C1c2oc3ccc(Cl)cc3c(=O)c2C(c2ccc(F)cc2)N1CCO. The molecule has 0 saturated heterocycles. The fraction of sp³-hybridized carbons (Fsp3) is 0.158. The standard InChI is InChI=1S/C19H13ClFNO4/c20-11-3-6-14-13(9-11)17(24)15-16(10-1-4-12(21)5-2-10)22(7-8-23)19(25)18(15)26-14/h1-6,9,16,23H,7-8H2. The number of aliphatic hydroxyl groups is 1. The summed E-state index contributed by atoms with van der Waals surface area (Å²) in [5.74, 6) is -0.978. The molecule has 1 N–H and O–H groups in total. The van der Waals surface area contributed by atoms with Gasteiger partial charge >= 0.3 is 0 Å². The Kier molecular flexibility index (Phi) is 4.01. The molecule has 0 aliphatic carbocycles. The topological polar surface area (TPSA) is 70.8 Å². The van der Waals surface area contributed by atoms with Crippen molar-refractivity contribution in [3.63, 3.8) is 0 Å². The Balaban J connectivity index is 2.01. The molecule has 0 radical (unpaired) electrons. The summed E-state index contributed by atoms with van der Waals surface area (Å²) in [6.07, 6.45) is 0. The van der Waals surface area contributed by atoms with Crippen LogP contribution in [0.5, 0.6) is 0 Å². The van der Waals surface area contributed by atoms with E-state index in [1.807, 2.05) is 0 Å². The van der Waals surface area contributed by atoms with Gasteiger partial charge in [0, 0.05) is 11.6 Å². The van der Waals surface area contributed by atoms with E-state index in [9.17, 15) is 19.1 Å². The summed E-state index contributed by atoms with van der Waals surface area (Å²) in [5, 5.41) is 9.99. The third kappa shape index (κ3) is 2.50. The third-order valence-electron chi connectivity index (χ3n) is 4.45. The number of hydrogen-bond donors (Lipinski definition) is 1. The highest BCUT2D eigenvalue weighted by Crippen LogP contribution is 2.38. The second-order valence-corrected chi connectivity index (χ2v) is 6.43. The largest absolute Gasteiger partial charge is 0.450 e. The van der Waals surface area contributed by atoms with Crippen LogP contribution in [-0.4, -0.2) is 29.1 Å². The van der Waals surface area contributed by atoms with Crippen LogP contribution in [0.15, 0.2) is 51.7 Å². The zero-order valence-corrected chi connectivity index (χ0v) is 14.2. The van der Waals surface area contributed by atoms with Crippen LogP contribution in [-0.2, 0) is 0 Å². The number of aliphatic hydroxyl groups excluding tert-OH is 1. The number of benzene rings is 2. The minimum atomic E-state index is -0.759. The molecule has 5 nitrogen and oxygen atoms in total. The van der Waals surface area contributed by atoms with Crippen molar-refractivity contribution in [2.75, 3.05) is 13.2 Å². The number of hydrogen-bond acceptors (Lipinski definition) is 4. The van der Waals surface area contributed by atoms with Gasteiger partial charge in [0.1, 0.15) is 11.4 Å². The Labute approximate surface area is 152 Å². The summed E-state index contributed by atoms with van der Waals surface area (Å²) >= 11 is 5.99. The number of nitrogens with zero attached hydrogens (tertiary/aromatic N) is 1. The van der Waals surface area contributed by atoms with Crippen LogP contribution in [0, 0.1) is 5.82 Å². The molecule has 1 atom stereocenters. The zero-order chi connectivity index (χ0) is 18.4. The molecule has 1 aromatic heterocycles. The Morgan fingerprint density at radius 3 is 2.58 bits per heavy atom. The molecule has 0 saturated carbocycles. The van der Waals surface area contributed by atoms with Gasteiger partial charge in [-0.15, -0.1) is 0 Å². The Hall–Kier alpha value is -2.70. The van der Waals surface area contributed by atoms with Crippen molar-refractivity contribution >= 4 is 28.5 Å². The number of carbonyl (C=O) groups is 1. The van der Waals surface area contributed by atoms with Crippen LogP contribution in [0.25, 0.3) is 11.0 Å². The van der Waals surface area contributed by atoms with Crippen molar-refractivity contribution in [3.8, 4) is 0 Å². The van der Waals surface area contributed by atoms with Gasteiger partial charge in [0.25, 0.3) is 5.91 Å². The highest BCUT2D eigenvalue weighted by molar-refractivity contribution is 6.31. The van der Waals surface area contributed by atoms with E-state index in [-0.39, 0.29) is 40.9 Å². The van der Waals surface area contributed by atoms with Gasteiger partial charge in [0.2, 0.25) is 5.76 Å². The second-order valence-electron chi connectivity index (χ2n) is 5.99. The maximum absolute atomic E-state index is 13.3. The van der Waals surface area contributed by atoms with Crippen LogP contribution in [0.3, 0.4) is 0 Å². The van der Waals surface area contributed by atoms with Crippen molar-refractivity contribution in [2.24, 2.45) is 0 Å². The van der Waals surface area contributed by atoms with Crippen LogP contribution in [0.1, 0.15) is 27.7 Å². The highest BCUT2D eigenvalue weighted by atomic mass is 35.5. The van der Waals surface area contributed by atoms with Crippen molar-refractivity contribution in [1.82, 2.24) is 4.90 Å². The van der Waals surface area contributed by atoms with Crippen molar-refractivity contribution in [1.29, 1.82) is 0 Å². The monoisotopic (exact) mass is 373 g/mol. The van der Waals surface area contributed by atoms with Gasteiger partial charge in [0.05, 0.1) is 23.6 Å². The first-order valence-electron chi connectivity index (χ1n) is 7.95. The smallest absolute Gasteiger partial charge is 0.290 e. The summed E-state index contributed by atoms with van der Waals surface area (Å²) < 4.78 is 19.0. The average molecular weight is 374 g/mol. The fourth-order valence-electron chi connectivity index (χ4n) is 3.32. The fourth-order valence-corrected chi connectivity index (χ4v) is 3.49. The Morgan fingerprint density at radius 2 is 1.88 bits per heavy atom. The number of carbonyl (C=O) groups excluding carboxylic acids is 1. The number of halogens is 2. The predicted octanol–water partition coefficient (Wildman–Crippen LogP) is 3.12. The first kappa shape index (κ1) is 16.8. The minimum Gasteiger partial charge on any atom is -0.450 e. The van der Waals surface area contributed by atoms with Crippen molar-refractivity contribution in [2.45, 2.75) is 6.04 Å². The summed E-state index contributed by atoms with van der Waals surface area (Å²) in [7, 11) is 0. The molecule has 2 aromatic carbocycles. The third-order valence-corrected chi connectivity index (χ3v) is 4.69. The summed E-state index contributed by atoms with van der Waals surface area (Å²) in [5.41, 5.74) is 0.618. The number of fused-ring (bicyclic) bond motifs is 2. The van der Waals surface area contributed by atoms with E-state index in [0.717, 1.165) is 0 Å². The van der Waals surface area contributed by atoms with E-state index in [0.29, 0.717) is 10.6 Å². The lowest BCUT2D eigenvalue weighted by atomic mass is 9.98. The van der Waals surface area contributed by atoms with Crippen molar-refractivity contribution < 1.29 is 18.7 Å². The molecular weight excluding hydrogens is 361 g/mol. The molecule has 2 heterocycles. The summed E-state index contributed by atoms with van der Waals surface area (Å²) in [6.45, 7) is -0.265. The van der Waals surface area contributed by atoms with Crippen LogP contribution < -0.4 is 5.43 Å². The maximum Gasteiger partial charge on any atom is 0.290 e. The zero-order valence-electron chi connectivity index (χ0n) is 13.4. The molecule has 4 rings (SSSR count). The molecule has 26 heavy (non-hydrogen) atoms. The summed E-state index contributed by atoms with van der Waals surface area (Å²) in [4.78, 5) is 27.2. The maximum atomic E-state index is 13.3. The lowest BCUT2D eigenvalue weighted by Gasteiger charge is -2.24. The molecule has 132 valence electrons. The Morgan fingerprint density at radius 1 is 1.15 bits per heavy atom. The van der Waals surface area contributed by atoms with E-state index >= 15 is 0 Å². The molecule has 0 spiro atoms. The van der Waals surface area contributed by atoms with E-state index in [1.54, 1.807) is 6.07 Å². The first-order chi connectivity index (χ1) is 12.5. The molecule has 1 amide bonds. The second kappa shape index (κ2) is 6.23. The van der Waals surface area contributed by atoms with Gasteiger partial charge in [-0.05, 0) is 35.9 Å². The molecule has 0 fully saturated rings. The highest BCUT2D eigenvalue weighted by Gasteiger charge is 2.42. The van der Waals surface area contributed by atoms with Gasteiger partial charge in [-0.25, -0.2) is 4.39 Å². The first-order valence-corrected chi connectivity index (χ1v) is 8.32. The van der Waals surface area contributed by atoms with Crippen LogP contribution in [0.4, 0.5) is 4.39 Å². The molecule has 3 aromatic rings. The molecular formula is C19H13ClFNO4. The number of amides is 1. The van der Waals surface area contributed by atoms with E-state index in [2.05, 4.69) is 0 Å². The molecule has 1 unspecified atom stereocenters. The van der Waals surface area contributed by atoms with E-state index < -0.39 is 17.8 Å². The van der Waals surface area contributed by atoms with Gasteiger partial charge in [-0.3, -0.25) is 9.59 Å². The molecule has 1 aliphatic heterocycles. The number of rotatable bonds is 3. The average Bonchev–Trinajstić information content (AvgIpc) is 2.90. The molecule has 1 aliphatic rings. The van der Waals surface area contributed by atoms with Gasteiger partial charge in [0.15, 0.2) is 5.43 Å². The quantitative estimate of drug-likeness (QED) is 0.765. The van der Waals surface area contributed by atoms with Gasteiger partial charge < -0.3 is 14.4 Å². The van der Waals surface area contributed by atoms with Crippen LogP contribution >= 0.6 is 11.6 Å². The summed E-state index contributed by atoms with van der Waals surface area (Å²) in [6, 6.07) is 9.37. The van der Waals surface area contributed by atoms with Gasteiger partial charge in [-0.1, -0.05) is 23.7 Å².